The maximum Gasteiger partial charge on any atom is 0.309 e. The van der Waals surface area contributed by atoms with Gasteiger partial charge < -0.3 is 39.2 Å². The molecule has 4 aromatic carbocycles. The number of hydrogen-bond acceptors (Lipinski definition) is 12. The number of nitrogens with zero attached hydrogens (tertiary/aromatic N) is 3. The van der Waals surface area contributed by atoms with Crippen LogP contribution in [0.1, 0.15) is 70.4 Å². The molecule has 73 heavy (non-hydrogen) atoms. The van der Waals surface area contributed by atoms with E-state index in [9.17, 15) is 36.4 Å². The van der Waals surface area contributed by atoms with Crippen LogP contribution in [0.2, 0.25) is 0 Å². The smallest absolute Gasteiger partial charge is 0.309 e. The van der Waals surface area contributed by atoms with Crippen LogP contribution < -0.4 is 24.6 Å². The normalized spacial score (nSPS) is 18.5. The number of benzene rings is 4. The average molecular weight is 1050 g/mol. The SMILES string of the molecule is CC.CNC(=O)c1c(-c2ccc(F)cc2)oc2cc(N(C)S(C)=O)c(C3CC(C(=O)OC)CN(C)C3)cc12.CNC(=O)c1c(-c2ccc(F)cc2)oc2cc(N(C)S(C)=O)c(C3CNCC(C(=O)OC)C3)cc12. The number of hydrogen-bond donors (Lipinski definition) is 3. The van der Waals surface area contributed by atoms with Gasteiger partial charge in [0, 0.05) is 101 Å². The zero-order valence-electron chi connectivity index (χ0n) is 43.0. The van der Waals surface area contributed by atoms with Crippen molar-refractivity contribution < 1.29 is 54.7 Å². The number of carbonyl (C=O) groups is 4. The molecule has 0 spiro atoms. The summed E-state index contributed by atoms with van der Waals surface area (Å²) in [5.74, 6) is -2.20. The number of methoxy groups -OCH3 is 2. The fourth-order valence-corrected chi connectivity index (χ4v) is 10.4. The van der Waals surface area contributed by atoms with Crippen molar-refractivity contribution in [2.45, 2.75) is 38.5 Å². The molecule has 2 saturated heterocycles. The highest BCUT2D eigenvalue weighted by molar-refractivity contribution is 7.85. The molecule has 2 aliphatic heterocycles. The van der Waals surface area contributed by atoms with Crippen LogP contribution in [0.3, 0.4) is 0 Å². The van der Waals surface area contributed by atoms with E-state index < -0.39 is 33.6 Å². The number of likely N-dealkylation sites (N-methyl/N-ethyl adjacent to an activating group) is 1. The minimum absolute atomic E-state index is 0.0834. The van der Waals surface area contributed by atoms with Crippen molar-refractivity contribution in [3.05, 3.63) is 107 Å². The fourth-order valence-electron chi connectivity index (χ4n) is 9.49. The lowest BCUT2D eigenvalue weighted by Crippen LogP contribution is -2.40. The Morgan fingerprint density at radius 1 is 0.658 bits per heavy atom. The molecule has 16 nitrogen and oxygen atoms in total. The van der Waals surface area contributed by atoms with Crippen LogP contribution in [0.5, 0.6) is 0 Å². The summed E-state index contributed by atoms with van der Waals surface area (Å²) in [5, 5.41) is 9.79. The van der Waals surface area contributed by atoms with Gasteiger partial charge >= 0.3 is 11.9 Å². The molecule has 6 atom stereocenters. The van der Waals surface area contributed by atoms with Crippen molar-refractivity contribution >= 4 is 79.0 Å². The lowest BCUT2D eigenvalue weighted by molar-refractivity contribution is -0.147. The topological polar surface area (TPSA) is 193 Å². The highest BCUT2D eigenvalue weighted by Crippen LogP contribution is 2.44. The number of rotatable bonds is 12. The van der Waals surface area contributed by atoms with Gasteiger partial charge in [-0.15, -0.1) is 0 Å². The van der Waals surface area contributed by atoms with Crippen molar-refractivity contribution in [1.29, 1.82) is 0 Å². The van der Waals surface area contributed by atoms with Crippen molar-refractivity contribution in [2.24, 2.45) is 11.8 Å². The molecule has 8 rings (SSSR count). The summed E-state index contributed by atoms with van der Waals surface area (Å²) in [7, 11) is 8.57. The molecule has 2 fully saturated rings. The second-order valence-electron chi connectivity index (χ2n) is 17.6. The van der Waals surface area contributed by atoms with E-state index in [1.807, 2.05) is 33.0 Å². The number of esters is 2. The van der Waals surface area contributed by atoms with Crippen LogP contribution in [0.4, 0.5) is 20.2 Å². The van der Waals surface area contributed by atoms with Crippen LogP contribution in [-0.4, -0.2) is 125 Å². The summed E-state index contributed by atoms with van der Waals surface area (Å²) in [6.45, 7) is 6.38. The van der Waals surface area contributed by atoms with Gasteiger partial charge in [-0.05, 0) is 104 Å². The molecule has 6 aromatic rings. The molecule has 0 bridgehead atoms. The van der Waals surface area contributed by atoms with Crippen molar-refractivity contribution in [1.82, 2.24) is 20.9 Å². The van der Waals surface area contributed by atoms with E-state index in [1.54, 1.807) is 71.6 Å². The standard InChI is InChI=1S/C26H30FN3O5S.C25H28FN3O5S.C2H6/c1-28-25(31)23-20-11-19(16-10-17(26(32)34-4)14-29(2)13-16)21(30(3)36(5)33)12-22(20)35-24(23)15-6-8-18(27)9-7-15;1-27-24(30)22-19-10-18(15-9-16(13-28-12-15)25(31)33-3)20(29(2)35(4)32)11-21(19)34-23(22)14-5-7-17(26)8-6-14;1-2/h6-9,11-12,16-17H,10,13-14H2,1-5H3,(H,28,31);5-8,10-11,15-16,28H,9,12-13H2,1-4H3,(H,27,30);1-2H3. The predicted octanol–water partition coefficient (Wildman–Crippen LogP) is 7.76. The van der Waals surface area contributed by atoms with Gasteiger partial charge in [0.2, 0.25) is 0 Å². The third-order valence-corrected chi connectivity index (χ3v) is 15.1. The van der Waals surface area contributed by atoms with E-state index in [0.717, 1.165) is 11.1 Å². The van der Waals surface area contributed by atoms with Crippen molar-refractivity contribution in [2.75, 3.05) is 96.8 Å². The van der Waals surface area contributed by atoms with Crippen LogP contribution >= 0.6 is 0 Å². The molecule has 2 aliphatic rings. The van der Waals surface area contributed by atoms with Crippen LogP contribution in [-0.2, 0) is 41.0 Å². The molecule has 2 aromatic heterocycles. The highest BCUT2D eigenvalue weighted by atomic mass is 32.2. The largest absolute Gasteiger partial charge is 0.469 e. The molecule has 2 amide bonds. The Kier molecular flexibility index (Phi) is 18.7. The first-order valence-corrected chi connectivity index (χ1v) is 26.8. The van der Waals surface area contributed by atoms with E-state index in [4.69, 9.17) is 18.3 Å². The number of amides is 2. The third-order valence-electron chi connectivity index (χ3n) is 13.2. The van der Waals surface area contributed by atoms with Gasteiger partial charge in [-0.3, -0.25) is 27.8 Å². The molecule has 6 unspecified atom stereocenters. The minimum Gasteiger partial charge on any atom is -0.469 e. The predicted molar refractivity (Wildman–Crippen MR) is 282 cm³/mol. The zero-order valence-corrected chi connectivity index (χ0v) is 44.6. The Bertz CT molecular complexity index is 3020. The van der Waals surface area contributed by atoms with Gasteiger partial charge in [-0.2, -0.15) is 0 Å². The maximum atomic E-state index is 13.6. The number of nitrogens with one attached hydrogen (secondary N) is 3. The van der Waals surface area contributed by atoms with E-state index >= 15 is 0 Å². The number of piperidine rings is 2. The Morgan fingerprint density at radius 3 is 1.48 bits per heavy atom. The summed E-state index contributed by atoms with van der Waals surface area (Å²) in [5.41, 5.74) is 5.73. The van der Waals surface area contributed by atoms with Gasteiger partial charge in [0.25, 0.3) is 11.8 Å². The van der Waals surface area contributed by atoms with Crippen LogP contribution in [0, 0.1) is 23.5 Å². The monoisotopic (exact) mass is 1050 g/mol. The van der Waals surface area contributed by atoms with Crippen LogP contribution in [0.25, 0.3) is 44.6 Å². The van der Waals surface area contributed by atoms with Crippen molar-refractivity contribution in [3.63, 3.8) is 0 Å². The molecule has 392 valence electrons. The lowest BCUT2D eigenvalue weighted by Gasteiger charge is -2.36. The number of likely N-dealkylation sites (tertiary alicyclic amines) is 1. The first-order chi connectivity index (χ1) is 34.9. The molecule has 3 N–H and O–H groups in total. The number of carbonyl (C=O) groups excluding carboxylic acids is 4. The molecule has 4 heterocycles. The molecule has 0 saturated carbocycles. The molecule has 0 aliphatic carbocycles. The second-order valence-corrected chi connectivity index (χ2v) is 20.4. The minimum atomic E-state index is -1.33. The van der Waals surface area contributed by atoms with Gasteiger partial charge in [-0.25, -0.2) is 17.2 Å². The fraction of sp³-hybridized carbons (Fsp3) is 0.396. The zero-order chi connectivity index (χ0) is 53.4. The summed E-state index contributed by atoms with van der Waals surface area (Å²) in [6.07, 6.45) is 4.25. The van der Waals surface area contributed by atoms with E-state index in [-0.39, 0.29) is 47.4 Å². The number of ether oxygens (including phenoxy) is 2. The Balaban J connectivity index is 0.000000230. The Labute approximate surface area is 429 Å². The van der Waals surface area contributed by atoms with Gasteiger partial charge in [0.1, 0.15) is 56.3 Å². The Hall–Kier alpha value is -6.48. The third kappa shape index (κ3) is 12.1. The average Bonchev–Trinajstić information content (AvgIpc) is 3.98. The first-order valence-electron chi connectivity index (χ1n) is 23.8. The van der Waals surface area contributed by atoms with Crippen LogP contribution in [0.15, 0.2) is 81.6 Å². The quantitative estimate of drug-likeness (QED) is 0.101. The first kappa shape index (κ1) is 55.8. The van der Waals surface area contributed by atoms with E-state index in [0.29, 0.717) is 106 Å². The summed E-state index contributed by atoms with van der Waals surface area (Å²) in [4.78, 5) is 52.7. The highest BCUT2D eigenvalue weighted by Gasteiger charge is 2.36. The second kappa shape index (κ2) is 24.5. The number of halogens is 2. The van der Waals surface area contributed by atoms with Crippen molar-refractivity contribution in [3.8, 4) is 22.6 Å². The van der Waals surface area contributed by atoms with Gasteiger partial charge in [0.15, 0.2) is 0 Å². The number of fused-ring (bicyclic) bond motifs is 2. The van der Waals surface area contributed by atoms with E-state index in [2.05, 4.69) is 20.9 Å². The summed E-state index contributed by atoms with van der Waals surface area (Å²) >= 11 is 0. The molecule has 20 heteroatoms. The maximum absolute atomic E-state index is 13.6. The summed E-state index contributed by atoms with van der Waals surface area (Å²) < 4.78 is 77.6. The van der Waals surface area contributed by atoms with Gasteiger partial charge in [-0.1, -0.05) is 13.8 Å². The molecule has 0 radical (unpaired) electrons. The molecular formula is C53H64F2N6O10S2. The van der Waals surface area contributed by atoms with E-state index in [1.165, 1.54) is 52.6 Å². The number of anilines is 2. The molecular weight excluding hydrogens is 983 g/mol. The number of furan rings is 2. The summed E-state index contributed by atoms with van der Waals surface area (Å²) in [6, 6.07) is 18.8. The van der Waals surface area contributed by atoms with Gasteiger partial charge in [0.05, 0.1) is 48.6 Å². The Morgan fingerprint density at radius 2 is 1.07 bits per heavy atom. The lowest BCUT2D eigenvalue weighted by atomic mass is 9.83.